The van der Waals surface area contributed by atoms with Crippen molar-refractivity contribution in [1.82, 2.24) is 35.4 Å². The van der Waals surface area contributed by atoms with Gasteiger partial charge in [0, 0.05) is 128 Å². The van der Waals surface area contributed by atoms with Crippen molar-refractivity contribution < 1.29 is 168 Å². The van der Waals surface area contributed by atoms with Crippen LogP contribution in [0, 0.1) is 11.8 Å². The van der Waals surface area contributed by atoms with Gasteiger partial charge in [-0.3, -0.25) is 81.5 Å². The first-order valence-electron chi connectivity index (χ1n) is 43.7. The number of imide groups is 7. The number of ketones is 2. The number of benzene rings is 4. The Hall–Kier alpha value is -14.6. The van der Waals surface area contributed by atoms with E-state index < -0.39 is 148 Å². The molecule has 0 aliphatic carbocycles. The number of hydroxylamine groups is 14. The molecule has 42 heteroatoms. The predicted octanol–water partition coefficient (Wildman–Crippen LogP) is 8.26. The van der Waals surface area contributed by atoms with Crippen molar-refractivity contribution in [3.63, 3.8) is 0 Å². The number of hydrogen-bond acceptors (Lipinski definition) is 35. The van der Waals surface area contributed by atoms with Crippen LogP contribution in [0.5, 0.6) is 17.2 Å². The van der Waals surface area contributed by atoms with Crippen LogP contribution in [0.15, 0.2) is 97.1 Å². The SMILES string of the molecule is CCC(=O)C(C)C(=O)ON1C(=O)CCC1=O.CCC(=O)CCCC(=O)ON1C(=O)CCC1=O.CCOC(=O)CCCC(=O)ON1C(=O)CCC1=O.CCc1ccc(C(=O)ON2C(=O)CCC2=O)cc1.CCc1ccc(OC(C)CC(=O)ON2C(=O)CCC2=O)cc1.CCc1ccc(OCC(C)C(=O)ON2C(=O)CCC2=O)cc1.CCc1ccc(OCCC(=O)ON2C(=O)CCC2=O)cc1. The Labute approximate surface area is 771 Å². The molecule has 3 atom stereocenters. The maximum Gasteiger partial charge on any atom is 0.363 e. The molecule has 0 spiro atoms. The van der Waals surface area contributed by atoms with Crippen molar-refractivity contribution in [3.05, 3.63) is 125 Å². The van der Waals surface area contributed by atoms with Crippen LogP contribution in [0.1, 0.15) is 256 Å². The number of rotatable bonds is 37. The summed E-state index contributed by atoms with van der Waals surface area (Å²) >= 11 is 0. The first-order valence-corrected chi connectivity index (χ1v) is 43.7. The average Bonchev–Trinajstić information content (AvgIpc) is 1.67. The Balaban J connectivity index is 0.000000277. The van der Waals surface area contributed by atoms with Crippen molar-refractivity contribution in [2.45, 2.75) is 255 Å². The van der Waals surface area contributed by atoms with Gasteiger partial charge in [0.2, 0.25) is 0 Å². The first-order chi connectivity index (χ1) is 63.8. The number of esters is 1. The van der Waals surface area contributed by atoms with Crippen LogP contribution < -0.4 is 14.2 Å². The van der Waals surface area contributed by atoms with E-state index in [4.69, 9.17) is 33.6 Å². The number of aryl methyl sites for hydroxylation is 4. The van der Waals surface area contributed by atoms with E-state index >= 15 is 0 Å². The molecule has 4 aromatic rings. The zero-order valence-electron chi connectivity index (χ0n) is 76.3. The van der Waals surface area contributed by atoms with E-state index in [1.807, 2.05) is 91.9 Å². The van der Waals surface area contributed by atoms with Gasteiger partial charge in [-0.05, 0) is 137 Å². The Morgan fingerprint density at radius 1 is 0.306 bits per heavy atom. The molecular formula is C92H111N7O35. The molecule has 42 nitrogen and oxygen atoms in total. The van der Waals surface area contributed by atoms with Crippen LogP contribution in [-0.2, 0) is 175 Å². The van der Waals surface area contributed by atoms with Gasteiger partial charge in [0.1, 0.15) is 47.4 Å². The van der Waals surface area contributed by atoms with Crippen molar-refractivity contribution in [2.75, 3.05) is 19.8 Å². The number of amides is 14. The van der Waals surface area contributed by atoms with Gasteiger partial charge in [0.25, 0.3) is 82.7 Å². The molecule has 7 heterocycles. The van der Waals surface area contributed by atoms with Crippen molar-refractivity contribution >= 4 is 142 Å². The monoisotopic (exact) mass is 1870 g/mol. The van der Waals surface area contributed by atoms with E-state index in [0.29, 0.717) is 84.1 Å². The molecule has 724 valence electrons. The van der Waals surface area contributed by atoms with Gasteiger partial charge in [-0.25, -0.2) is 33.6 Å². The van der Waals surface area contributed by atoms with Gasteiger partial charge >= 0.3 is 47.8 Å². The van der Waals surface area contributed by atoms with Crippen molar-refractivity contribution in [2.24, 2.45) is 11.8 Å². The Morgan fingerprint density at radius 2 is 0.597 bits per heavy atom. The highest BCUT2D eigenvalue weighted by Crippen LogP contribution is 2.24. The van der Waals surface area contributed by atoms with Gasteiger partial charge in [0.15, 0.2) is 0 Å². The van der Waals surface area contributed by atoms with E-state index in [0.717, 1.165) is 31.2 Å². The lowest BCUT2D eigenvalue weighted by Gasteiger charge is -2.16. The number of hydrogen-bond donors (Lipinski definition) is 0. The maximum absolute atomic E-state index is 11.9. The summed E-state index contributed by atoms with van der Waals surface area (Å²) in [5.41, 5.74) is 5.02. The summed E-state index contributed by atoms with van der Waals surface area (Å²) < 4.78 is 21.2. The minimum atomic E-state index is -0.953. The molecule has 134 heavy (non-hydrogen) atoms. The Morgan fingerprint density at radius 3 is 0.933 bits per heavy atom. The highest BCUT2D eigenvalue weighted by molar-refractivity contribution is 6.07. The van der Waals surface area contributed by atoms with E-state index in [1.54, 1.807) is 46.8 Å². The normalized spacial score (nSPS) is 15.5. The molecule has 7 aliphatic heterocycles. The fourth-order valence-corrected chi connectivity index (χ4v) is 11.7. The minimum absolute atomic E-state index is 0.0306. The summed E-state index contributed by atoms with van der Waals surface area (Å²) in [6.07, 6.45) is 5.99. The summed E-state index contributed by atoms with van der Waals surface area (Å²) in [7, 11) is 0. The molecule has 0 aromatic heterocycles. The van der Waals surface area contributed by atoms with Gasteiger partial charge in [-0.2, -0.15) is 0 Å². The van der Waals surface area contributed by atoms with E-state index in [-0.39, 0.29) is 160 Å². The highest BCUT2D eigenvalue weighted by Gasteiger charge is 2.40. The average molecular weight is 1870 g/mol. The second-order valence-electron chi connectivity index (χ2n) is 30.1. The fourth-order valence-electron chi connectivity index (χ4n) is 11.7. The lowest BCUT2D eigenvalue weighted by atomic mass is 10.1. The van der Waals surface area contributed by atoms with E-state index in [2.05, 4.69) is 40.0 Å². The third kappa shape index (κ3) is 37.3. The van der Waals surface area contributed by atoms with Crippen LogP contribution in [0.3, 0.4) is 0 Å². The van der Waals surface area contributed by atoms with Gasteiger partial charge in [0.05, 0.1) is 37.5 Å². The molecule has 7 fully saturated rings. The number of nitrogens with zero attached hydrogens (tertiary/aromatic N) is 7. The molecule has 14 amide bonds. The van der Waals surface area contributed by atoms with Crippen molar-refractivity contribution in [3.8, 4) is 17.2 Å². The smallest absolute Gasteiger partial charge is 0.363 e. The summed E-state index contributed by atoms with van der Waals surface area (Å²) in [5.74, 6) is -12.0. The molecule has 11 rings (SSSR count). The lowest BCUT2D eigenvalue weighted by Crippen LogP contribution is -2.35. The van der Waals surface area contributed by atoms with Crippen LogP contribution in [-0.4, -0.2) is 203 Å². The third-order valence-corrected chi connectivity index (χ3v) is 19.7. The molecule has 0 saturated carbocycles. The number of Topliss-reactive ketones (excluding diaryl/α,β-unsaturated/α-hetero) is 2. The van der Waals surface area contributed by atoms with Crippen LogP contribution in [0.4, 0.5) is 0 Å². The number of carbonyl (C=O) groups excluding carboxylic acids is 24. The number of ether oxygens (including phenoxy) is 4. The van der Waals surface area contributed by atoms with Gasteiger partial charge in [-0.1, -0.05) is 90.1 Å². The van der Waals surface area contributed by atoms with E-state index in [9.17, 15) is 115 Å². The molecule has 7 saturated heterocycles. The Bertz CT molecular complexity index is 4800. The lowest BCUT2D eigenvalue weighted by molar-refractivity contribution is -0.200. The molecule has 7 aliphatic rings. The third-order valence-electron chi connectivity index (χ3n) is 19.7. The molecule has 0 radical (unpaired) electrons. The van der Waals surface area contributed by atoms with Crippen LogP contribution in [0.25, 0.3) is 0 Å². The number of carbonyl (C=O) groups is 24. The summed E-state index contributed by atoms with van der Waals surface area (Å²) in [6, 6.07) is 29.6. The highest BCUT2D eigenvalue weighted by atomic mass is 16.8. The molecule has 4 aromatic carbocycles. The molecule has 3 unspecified atom stereocenters. The van der Waals surface area contributed by atoms with E-state index in [1.165, 1.54) is 23.6 Å². The van der Waals surface area contributed by atoms with Crippen LogP contribution in [0.2, 0.25) is 0 Å². The predicted molar refractivity (Wildman–Crippen MR) is 456 cm³/mol. The Kier molecular flexibility index (Phi) is 46.6. The van der Waals surface area contributed by atoms with Gasteiger partial charge < -0.3 is 52.8 Å². The molecule has 0 N–H and O–H groups in total. The second-order valence-corrected chi connectivity index (χ2v) is 30.1. The molecule has 0 bridgehead atoms. The quantitative estimate of drug-likeness (QED) is 0.0233. The van der Waals surface area contributed by atoms with Gasteiger partial charge in [-0.15, -0.1) is 35.4 Å². The summed E-state index contributed by atoms with van der Waals surface area (Å²) in [5, 5.41) is 3.65. The second kappa shape index (κ2) is 56.8. The minimum Gasteiger partial charge on any atom is -0.493 e. The zero-order valence-corrected chi connectivity index (χ0v) is 76.3. The largest absolute Gasteiger partial charge is 0.493 e. The first kappa shape index (κ1) is 110. The summed E-state index contributed by atoms with van der Waals surface area (Å²) in [6.45, 7) is 18.5. The standard InChI is InChI=1S/2C16H19NO5.C15H17NO5.C13H13NO4.C11H15NO6.C11H15NO5.C10H13NO5/c1-3-12-4-6-13(7-5-12)21-10-11(2)16(20)22-17-14(18)8-9-15(17)19;1-3-12-4-6-13(7-5-12)21-11(2)10-16(20)22-17-14(18)8-9-15(17)19;1-2-11-3-5-12(6-4-11)20-10-9-15(19)21-16-13(17)7-8-14(16)18;1-2-9-3-5-10(6-4-9)13(17)18-14-11(15)7-8-12(14)16;1-2-17-10(15)4-3-5-11(16)18-12-8(13)6-7-9(12)14;1-2-8(13)4-3-5-11(16)17-12-9(14)6-7-10(12)15;1-3-7(12)6(2)10(15)16-11-8(13)4-5-9(11)14/h2*4-7,11H,3,8-10H2,1-2H3;3-6H,2,7-10H2,1H3;3-6H,2,7-8H2,1H3;2-7H2,1H3;2-7H2,1H3;6H,3-5H2,1-2H3. The molecular weight excluding hydrogens is 1760 g/mol. The fraction of sp³-hybridized carbons (Fsp3) is 0.478. The topological polar surface area (TPSA) is 534 Å². The summed E-state index contributed by atoms with van der Waals surface area (Å²) in [4.78, 5) is 304. The van der Waals surface area contributed by atoms with Crippen LogP contribution >= 0.6 is 0 Å². The zero-order chi connectivity index (χ0) is 99.3. The van der Waals surface area contributed by atoms with Crippen molar-refractivity contribution in [1.29, 1.82) is 0 Å². The maximum atomic E-state index is 11.9.